The van der Waals surface area contributed by atoms with Crippen LogP contribution in [0.3, 0.4) is 0 Å². The van der Waals surface area contributed by atoms with Crippen LogP contribution < -0.4 is 5.32 Å². The van der Waals surface area contributed by atoms with E-state index in [2.05, 4.69) is 15.2 Å². The molecule has 1 N–H and O–H groups in total. The SMILES string of the molecule is CN1N=C(C2C=CC(F)=CC2)CC1[C@H]1C[N@]2CC[C@H]1CC2COC(=O)Nc1cccc(C(F)(F)F)c1. The van der Waals surface area contributed by atoms with E-state index in [1.807, 2.05) is 13.1 Å². The van der Waals surface area contributed by atoms with Crippen LogP contribution in [0.1, 0.15) is 31.2 Å². The molecule has 4 heterocycles. The molecule has 3 saturated heterocycles. The number of hydrazone groups is 1. The molecule has 1 aromatic carbocycles. The molecule has 3 fully saturated rings. The molecule has 6 atom stereocenters. The first kappa shape index (κ1) is 24.8. The maximum absolute atomic E-state index is 13.3. The van der Waals surface area contributed by atoms with Crippen LogP contribution in [0.2, 0.25) is 0 Å². The van der Waals surface area contributed by atoms with Crippen molar-refractivity contribution in [2.75, 3.05) is 32.1 Å². The molecule has 0 radical (unpaired) electrons. The highest BCUT2D eigenvalue weighted by atomic mass is 19.4. The molecule has 0 saturated carbocycles. The smallest absolute Gasteiger partial charge is 0.416 e. The molecule has 2 bridgehead atoms. The summed E-state index contributed by atoms with van der Waals surface area (Å²) in [6.07, 6.45) is 3.29. The van der Waals surface area contributed by atoms with Crippen molar-refractivity contribution in [2.24, 2.45) is 22.9 Å². The number of carbonyl (C=O) groups excluding carboxylic acids is 1. The van der Waals surface area contributed by atoms with E-state index in [9.17, 15) is 22.4 Å². The van der Waals surface area contributed by atoms with Crippen molar-refractivity contribution in [3.63, 3.8) is 0 Å². The van der Waals surface area contributed by atoms with Gasteiger partial charge in [-0.3, -0.25) is 15.2 Å². The summed E-state index contributed by atoms with van der Waals surface area (Å²) in [5.74, 6) is 0.884. The number of halogens is 4. The number of benzene rings is 1. The summed E-state index contributed by atoms with van der Waals surface area (Å²) in [6, 6.07) is 4.88. The lowest BCUT2D eigenvalue weighted by atomic mass is 9.71. The minimum Gasteiger partial charge on any atom is -0.448 e. The summed E-state index contributed by atoms with van der Waals surface area (Å²) in [4.78, 5) is 14.6. The maximum atomic E-state index is 13.3. The summed E-state index contributed by atoms with van der Waals surface area (Å²) >= 11 is 0. The van der Waals surface area contributed by atoms with E-state index in [4.69, 9.17) is 9.84 Å². The van der Waals surface area contributed by atoms with Crippen LogP contribution in [-0.4, -0.2) is 60.5 Å². The largest absolute Gasteiger partial charge is 0.448 e. The lowest BCUT2D eigenvalue weighted by molar-refractivity contribution is -0.137. The summed E-state index contributed by atoms with van der Waals surface area (Å²) in [5.41, 5.74) is 0.325. The van der Waals surface area contributed by atoms with Gasteiger partial charge in [-0.1, -0.05) is 12.1 Å². The first-order chi connectivity index (χ1) is 17.2. The zero-order valence-corrected chi connectivity index (χ0v) is 20.0. The van der Waals surface area contributed by atoms with Gasteiger partial charge < -0.3 is 4.74 Å². The molecule has 194 valence electrons. The van der Waals surface area contributed by atoms with E-state index in [1.165, 1.54) is 18.2 Å². The summed E-state index contributed by atoms with van der Waals surface area (Å²) in [6.45, 7) is 2.02. The number of alkyl halides is 3. The van der Waals surface area contributed by atoms with Crippen LogP contribution in [-0.2, 0) is 10.9 Å². The Morgan fingerprint density at radius 3 is 2.83 bits per heavy atom. The fourth-order valence-corrected chi connectivity index (χ4v) is 6.05. The van der Waals surface area contributed by atoms with E-state index in [-0.39, 0.29) is 30.1 Å². The third-order valence-corrected chi connectivity index (χ3v) is 7.93. The van der Waals surface area contributed by atoms with Crippen LogP contribution >= 0.6 is 0 Å². The van der Waals surface area contributed by atoms with Gasteiger partial charge in [-0.15, -0.1) is 0 Å². The fraction of sp³-hybridized carbons (Fsp3) is 0.538. The van der Waals surface area contributed by atoms with Crippen molar-refractivity contribution in [1.29, 1.82) is 0 Å². The predicted molar refractivity (Wildman–Crippen MR) is 128 cm³/mol. The van der Waals surface area contributed by atoms with Crippen LogP contribution in [0.5, 0.6) is 0 Å². The second-order valence-electron chi connectivity index (χ2n) is 10.1. The van der Waals surface area contributed by atoms with Crippen LogP contribution in [0, 0.1) is 17.8 Å². The number of ether oxygens (including phenoxy) is 1. The lowest BCUT2D eigenvalue weighted by Gasteiger charge is -2.52. The molecule has 10 heteroatoms. The Bertz CT molecular complexity index is 1090. The van der Waals surface area contributed by atoms with Gasteiger partial charge in [0.25, 0.3) is 0 Å². The van der Waals surface area contributed by atoms with Crippen LogP contribution in [0.4, 0.5) is 28.0 Å². The molecule has 1 aliphatic carbocycles. The molecule has 1 aromatic rings. The number of nitrogens with one attached hydrogen (secondary N) is 1. The summed E-state index contributed by atoms with van der Waals surface area (Å²) in [7, 11) is 2.01. The number of amides is 1. The van der Waals surface area contributed by atoms with Crippen LogP contribution in [0.15, 0.2) is 53.4 Å². The normalized spacial score (nSPS) is 31.8. The van der Waals surface area contributed by atoms with E-state index < -0.39 is 17.8 Å². The van der Waals surface area contributed by atoms with E-state index in [1.54, 1.807) is 6.08 Å². The highest BCUT2D eigenvalue weighted by Gasteiger charge is 2.46. The highest BCUT2D eigenvalue weighted by molar-refractivity contribution is 5.90. The van der Waals surface area contributed by atoms with Gasteiger partial charge in [0.05, 0.1) is 11.6 Å². The molecule has 0 spiro atoms. The number of anilines is 1. The Labute approximate surface area is 207 Å². The van der Waals surface area contributed by atoms with Gasteiger partial charge in [0.1, 0.15) is 12.4 Å². The Morgan fingerprint density at radius 2 is 2.14 bits per heavy atom. The third kappa shape index (κ3) is 5.28. The average molecular weight is 507 g/mol. The number of nitrogens with zero attached hydrogens (tertiary/aromatic N) is 3. The summed E-state index contributed by atoms with van der Waals surface area (Å²) in [5, 5.41) is 9.27. The minimum atomic E-state index is -4.48. The number of carbonyl (C=O) groups is 1. The standard InChI is InChI=1S/C26H30F4N4O2/c1-33-24(13-23(32-33)16-5-7-19(27)8-6-16)22-14-34-10-9-17(22)11-21(34)15-36-25(35)31-20-4-2-3-18(12-20)26(28,29)30/h2-5,7-8,12,16-17,21-22,24H,6,9-11,13-15H2,1H3,(H,31,35)/t16?,17-,21?,22-,24?/m0/s1. The van der Waals surface area contributed by atoms with Crippen molar-refractivity contribution in [1.82, 2.24) is 9.91 Å². The molecule has 0 aromatic heterocycles. The fourth-order valence-electron chi connectivity index (χ4n) is 6.05. The lowest BCUT2D eigenvalue weighted by Crippen LogP contribution is -2.58. The van der Waals surface area contributed by atoms with Crippen molar-refractivity contribution in [2.45, 2.75) is 43.9 Å². The number of hydrogen-bond donors (Lipinski definition) is 1. The van der Waals surface area contributed by atoms with Gasteiger partial charge in [-0.25, -0.2) is 9.18 Å². The maximum Gasteiger partial charge on any atom is 0.416 e. The molecular formula is C26H30F4N4O2. The number of piperidine rings is 3. The van der Waals surface area contributed by atoms with Crippen molar-refractivity contribution in [3.05, 3.63) is 53.9 Å². The molecular weight excluding hydrogens is 476 g/mol. The monoisotopic (exact) mass is 506 g/mol. The number of rotatable bonds is 5. The van der Waals surface area contributed by atoms with Crippen molar-refractivity contribution >= 4 is 17.5 Å². The van der Waals surface area contributed by atoms with E-state index in [0.29, 0.717) is 24.3 Å². The molecule has 36 heavy (non-hydrogen) atoms. The predicted octanol–water partition coefficient (Wildman–Crippen LogP) is 5.45. The second kappa shape index (κ2) is 9.88. The third-order valence-electron chi connectivity index (χ3n) is 7.93. The highest BCUT2D eigenvalue weighted by Crippen LogP contribution is 2.42. The quantitative estimate of drug-likeness (QED) is 0.540. The topological polar surface area (TPSA) is 57.2 Å². The van der Waals surface area contributed by atoms with E-state index >= 15 is 0 Å². The van der Waals surface area contributed by atoms with E-state index in [0.717, 1.165) is 50.2 Å². The van der Waals surface area contributed by atoms with Gasteiger partial charge in [-0.05, 0) is 68.0 Å². The van der Waals surface area contributed by atoms with Gasteiger partial charge in [-0.2, -0.15) is 18.3 Å². The molecule has 3 unspecified atom stereocenters. The Hall–Kier alpha value is -2.88. The minimum absolute atomic E-state index is 0.0477. The first-order valence-corrected chi connectivity index (χ1v) is 12.4. The van der Waals surface area contributed by atoms with Crippen molar-refractivity contribution in [3.8, 4) is 0 Å². The zero-order valence-electron chi connectivity index (χ0n) is 20.0. The Balaban J connectivity index is 1.13. The van der Waals surface area contributed by atoms with Gasteiger partial charge in [0, 0.05) is 43.4 Å². The van der Waals surface area contributed by atoms with Gasteiger partial charge in [0.2, 0.25) is 0 Å². The first-order valence-electron chi connectivity index (χ1n) is 12.4. The Kier molecular flexibility index (Phi) is 6.80. The van der Waals surface area contributed by atoms with Crippen LogP contribution in [0.25, 0.3) is 0 Å². The Morgan fingerprint density at radius 1 is 1.31 bits per heavy atom. The number of allylic oxidation sites excluding steroid dienone is 4. The molecule has 5 aliphatic rings. The molecule has 4 aliphatic heterocycles. The zero-order chi connectivity index (χ0) is 25.4. The summed E-state index contributed by atoms with van der Waals surface area (Å²) < 4.78 is 57.5. The molecule has 1 amide bonds. The number of fused-ring (bicyclic) bond motifs is 3. The average Bonchev–Trinajstić information content (AvgIpc) is 3.24. The number of hydrogen-bond acceptors (Lipinski definition) is 5. The van der Waals surface area contributed by atoms with Gasteiger partial charge >= 0.3 is 12.3 Å². The molecule has 6 rings (SSSR count). The molecule has 6 nitrogen and oxygen atoms in total. The van der Waals surface area contributed by atoms with Gasteiger partial charge in [0.15, 0.2) is 0 Å². The van der Waals surface area contributed by atoms with Crippen molar-refractivity contribution < 1.29 is 27.1 Å². The second-order valence-corrected chi connectivity index (χ2v) is 10.1.